The van der Waals surface area contributed by atoms with Crippen molar-refractivity contribution in [1.29, 1.82) is 0 Å². The smallest absolute Gasteiger partial charge is 0.131 e. The summed E-state index contributed by atoms with van der Waals surface area (Å²) in [5, 5.41) is 22.2. The molecule has 0 unspecified atom stereocenters. The summed E-state index contributed by atoms with van der Waals surface area (Å²) in [6, 6.07) is 16.7. The lowest BCUT2D eigenvalue weighted by molar-refractivity contribution is 0.472. The van der Waals surface area contributed by atoms with E-state index in [9.17, 15) is 10.2 Å². The Bertz CT molecular complexity index is 760. The van der Waals surface area contributed by atoms with Crippen molar-refractivity contribution >= 4 is 10.8 Å². The second kappa shape index (κ2) is 4.32. The van der Waals surface area contributed by atoms with Gasteiger partial charge in [0.05, 0.1) is 0 Å². The molecule has 2 nitrogen and oxygen atoms in total. The average Bonchev–Trinajstić information content (AvgIpc) is 2.44. The van der Waals surface area contributed by atoms with Crippen molar-refractivity contribution in [3.63, 3.8) is 0 Å². The third-order valence-corrected chi connectivity index (χ3v) is 3.42. The zero-order valence-electron chi connectivity index (χ0n) is 10.6. The van der Waals surface area contributed by atoms with Gasteiger partial charge in [-0.2, -0.15) is 0 Å². The van der Waals surface area contributed by atoms with Gasteiger partial charge in [0.25, 0.3) is 0 Å². The fraction of sp³-hybridized carbons (Fsp3) is 0.0588. The van der Waals surface area contributed by atoms with E-state index in [1.54, 1.807) is 18.2 Å². The summed E-state index contributed by atoms with van der Waals surface area (Å²) in [6.07, 6.45) is 0. The second-order valence-corrected chi connectivity index (χ2v) is 4.65. The van der Waals surface area contributed by atoms with E-state index in [2.05, 4.69) is 0 Å². The minimum Gasteiger partial charge on any atom is -0.507 e. The Balaban J connectivity index is 2.38. The van der Waals surface area contributed by atoms with Crippen LogP contribution >= 0.6 is 0 Å². The molecule has 0 saturated carbocycles. The first-order valence-corrected chi connectivity index (χ1v) is 6.18. The minimum atomic E-state index is 0.174. The van der Waals surface area contributed by atoms with E-state index in [-0.39, 0.29) is 11.5 Å². The Morgan fingerprint density at radius 2 is 1.37 bits per heavy atom. The molecule has 0 fully saturated rings. The summed E-state index contributed by atoms with van der Waals surface area (Å²) in [5.41, 5.74) is 2.38. The summed E-state index contributed by atoms with van der Waals surface area (Å²) < 4.78 is 0. The van der Waals surface area contributed by atoms with Crippen LogP contribution in [-0.2, 0) is 0 Å². The van der Waals surface area contributed by atoms with Crippen LogP contribution in [0.3, 0.4) is 0 Å². The fourth-order valence-corrected chi connectivity index (χ4v) is 2.45. The van der Waals surface area contributed by atoms with E-state index in [0.717, 1.165) is 16.3 Å². The standard InChI is InChI=1S/C17H14O2/c1-11-10-15(13-7-4-5-9-16(13)18)17(19)14-8-3-2-6-12(11)14/h2-10,18-19H,1H3. The maximum absolute atomic E-state index is 10.4. The highest BCUT2D eigenvalue weighted by molar-refractivity contribution is 5.97. The monoisotopic (exact) mass is 250 g/mol. The first kappa shape index (κ1) is 11.6. The van der Waals surface area contributed by atoms with Crippen LogP contribution in [0.1, 0.15) is 5.56 Å². The first-order valence-electron chi connectivity index (χ1n) is 6.18. The van der Waals surface area contributed by atoms with Crippen molar-refractivity contribution in [2.75, 3.05) is 0 Å². The molecule has 3 aromatic rings. The van der Waals surface area contributed by atoms with Crippen molar-refractivity contribution in [3.8, 4) is 22.6 Å². The molecule has 2 heteroatoms. The molecule has 0 bridgehead atoms. The highest BCUT2D eigenvalue weighted by atomic mass is 16.3. The van der Waals surface area contributed by atoms with Crippen molar-refractivity contribution in [1.82, 2.24) is 0 Å². The second-order valence-electron chi connectivity index (χ2n) is 4.65. The van der Waals surface area contributed by atoms with Crippen LogP contribution < -0.4 is 0 Å². The molecule has 0 heterocycles. The minimum absolute atomic E-state index is 0.174. The van der Waals surface area contributed by atoms with Gasteiger partial charge in [-0.3, -0.25) is 0 Å². The van der Waals surface area contributed by atoms with Crippen LogP contribution in [0.4, 0.5) is 0 Å². The van der Waals surface area contributed by atoms with E-state index >= 15 is 0 Å². The third kappa shape index (κ3) is 1.82. The number of para-hydroxylation sites is 1. The SMILES string of the molecule is Cc1cc(-c2ccccc2O)c(O)c2ccccc12. The molecular formula is C17H14O2. The van der Waals surface area contributed by atoms with Crippen LogP contribution in [-0.4, -0.2) is 10.2 Å². The lowest BCUT2D eigenvalue weighted by Crippen LogP contribution is -1.86. The Morgan fingerprint density at radius 3 is 2.11 bits per heavy atom. The van der Waals surface area contributed by atoms with E-state index in [1.165, 1.54) is 0 Å². The molecule has 0 aliphatic heterocycles. The number of rotatable bonds is 1. The summed E-state index contributed by atoms with van der Waals surface area (Å²) in [7, 11) is 0. The summed E-state index contributed by atoms with van der Waals surface area (Å²) in [4.78, 5) is 0. The molecule has 3 rings (SSSR count). The number of aryl methyl sites for hydroxylation is 1. The predicted octanol–water partition coefficient (Wildman–Crippen LogP) is 4.23. The van der Waals surface area contributed by atoms with Gasteiger partial charge < -0.3 is 10.2 Å². The van der Waals surface area contributed by atoms with E-state index < -0.39 is 0 Å². The molecular weight excluding hydrogens is 236 g/mol. The molecule has 19 heavy (non-hydrogen) atoms. The summed E-state index contributed by atoms with van der Waals surface area (Å²) in [5.74, 6) is 0.384. The van der Waals surface area contributed by atoms with Gasteiger partial charge in [0, 0.05) is 16.5 Å². The van der Waals surface area contributed by atoms with E-state index in [4.69, 9.17) is 0 Å². The van der Waals surface area contributed by atoms with Gasteiger partial charge in [-0.15, -0.1) is 0 Å². The number of phenols is 2. The lowest BCUT2D eigenvalue weighted by atomic mass is 9.95. The molecule has 0 radical (unpaired) electrons. The van der Waals surface area contributed by atoms with Gasteiger partial charge in [0.1, 0.15) is 11.5 Å². The Labute approximate surface area is 111 Å². The maximum atomic E-state index is 10.4. The van der Waals surface area contributed by atoms with Gasteiger partial charge >= 0.3 is 0 Å². The molecule has 2 N–H and O–H groups in total. The average molecular weight is 250 g/mol. The number of phenolic OH excluding ortho intramolecular Hbond substituents is 2. The maximum Gasteiger partial charge on any atom is 0.131 e. The van der Waals surface area contributed by atoms with Gasteiger partial charge in [-0.05, 0) is 30.0 Å². The van der Waals surface area contributed by atoms with Gasteiger partial charge in [0.2, 0.25) is 0 Å². The zero-order chi connectivity index (χ0) is 13.4. The first-order chi connectivity index (χ1) is 9.18. The number of hydrogen-bond donors (Lipinski definition) is 2. The number of benzene rings is 3. The molecule has 94 valence electrons. The van der Waals surface area contributed by atoms with Crippen LogP contribution in [0.15, 0.2) is 54.6 Å². The zero-order valence-corrected chi connectivity index (χ0v) is 10.6. The topological polar surface area (TPSA) is 40.5 Å². The number of fused-ring (bicyclic) bond motifs is 1. The fourth-order valence-electron chi connectivity index (χ4n) is 2.45. The van der Waals surface area contributed by atoms with Crippen LogP contribution in [0.5, 0.6) is 11.5 Å². The van der Waals surface area contributed by atoms with E-state index in [1.807, 2.05) is 43.3 Å². The predicted molar refractivity (Wildman–Crippen MR) is 77.5 cm³/mol. The molecule has 0 saturated heterocycles. The highest BCUT2D eigenvalue weighted by Gasteiger charge is 2.13. The van der Waals surface area contributed by atoms with Crippen molar-refractivity contribution in [2.24, 2.45) is 0 Å². The number of aromatic hydroxyl groups is 2. The Morgan fingerprint density at radius 1 is 0.737 bits per heavy atom. The normalized spacial score (nSPS) is 10.8. The van der Waals surface area contributed by atoms with Crippen LogP contribution in [0.25, 0.3) is 21.9 Å². The lowest BCUT2D eigenvalue weighted by Gasteiger charge is -2.12. The van der Waals surface area contributed by atoms with Crippen molar-refractivity contribution in [2.45, 2.75) is 6.92 Å². The summed E-state index contributed by atoms with van der Waals surface area (Å²) in [6.45, 7) is 2.01. The molecule has 0 amide bonds. The van der Waals surface area contributed by atoms with Gasteiger partial charge in [-0.1, -0.05) is 42.5 Å². The van der Waals surface area contributed by atoms with E-state index in [0.29, 0.717) is 11.1 Å². The van der Waals surface area contributed by atoms with Crippen molar-refractivity contribution < 1.29 is 10.2 Å². The van der Waals surface area contributed by atoms with Crippen molar-refractivity contribution in [3.05, 3.63) is 60.2 Å². The molecule has 0 spiro atoms. The highest BCUT2D eigenvalue weighted by Crippen LogP contribution is 2.40. The molecule has 0 atom stereocenters. The van der Waals surface area contributed by atoms with Gasteiger partial charge in [0.15, 0.2) is 0 Å². The van der Waals surface area contributed by atoms with Crippen LogP contribution in [0, 0.1) is 6.92 Å². The number of hydrogen-bond acceptors (Lipinski definition) is 2. The van der Waals surface area contributed by atoms with Gasteiger partial charge in [-0.25, -0.2) is 0 Å². The molecule has 0 aromatic heterocycles. The third-order valence-electron chi connectivity index (χ3n) is 3.42. The Hall–Kier alpha value is -2.48. The quantitative estimate of drug-likeness (QED) is 0.678. The summed E-state index contributed by atoms with van der Waals surface area (Å²) >= 11 is 0. The molecule has 3 aromatic carbocycles. The molecule has 0 aliphatic carbocycles. The molecule has 0 aliphatic rings. The largest absolute Gasteiger partial charge is 0.507 e. The Kier molecular flexibility index (Phi) is 2.64. The van der Waals surface area contributed by atoms with Crippen LogP contribution in [0.2, 0.25) is 0 Å².